The SMILES string of the molecule is CCCCOc1cc2c(Oc3ccc(N)cc3F)ncnc2cc1OC. The van der Waals surface area contributed by atoms with E-state index in [1.165, 1.54) is 18.5 Å². The molecule has 0 bridgehead atoms. The van der Waals surface area contributed by atoms with Crippen LogP contribution in [-0.2, 0) is 0 Å². The highest BCUT2D eigenvalue weighted by Gasteiger charge is 2.14. The monoisotopic (exact) mass is 357 g/mol. The molecule has 0 fully saturated rings. The fraction of sp³-hybridized carbons (Fsp3) is 0.263. The van der Waals surface area contributed by atoms with E-state index in [0.717, 1.165) is 12.8 Å². The van der Waals surface area contributed by atoms with Gasteiger partial charge in [0.2, 0.25) is 5.88 Å². The molecule has 0 atom stereocenters. The largest absolute Gasteiger partial charge is 0.493 e. The van der Waals surface area contributed by atoms with Gasteiger partial charge in [0.05, 0.1) is 24.6 Å². The summed E-state index contributed by atoms with van der Waals surface area (Å²) < 4.78 is 30.9. The average molecular weight is 357 g/mol. The van der Waals surface area contributed by atoms with Gasteiger partial charge in [-0.2, -0.15) is 0 Å². The maximum atomic E-state index is 14.0. The van der Waals surface area contributed by atoms with Crippen molar-refractivity contribution in [2.75, 3.05) is 19.5 Å². The first-order chi connectivity index (χ1) is 12.6. The lowest BCUT2D eigenvalue weighted by molar-refractivity contribution is 0.288. The molecule has 26 heavy (non-hydrogen) atoms. The molecule has 7 heteroatoms. The molecule has 0 spiro atoms. The lowest BCUT2D eigenvalue weighted by Crippen LogP contribution is -2.00. The molecule has 0 aliphatic rings. The third-order valence-corrected chi connectivity index (χ3v) is 3.80. The predicted octanol–water partition coefficient (Wildman–Crippen LogP) is 4.33. The third kappa shape index (κ3) is 3.77. The maximum Gasteiger partial charge on any atom is 0.230 e. The number of anilines is 1. The minimum Gasteiger partial charge on any atom is -0.493 e. The summed E-state index contributed by atoms with van der Waals surface area (Å²) in [4.78, 5) is 8.36. The van der Waals surface area contributed by atoms with Crippen LogP contribution in [0.25, 0.3) is 10.9 Å². The Labute approximate surface area is 150 Å². The Kier molecular flexibility index (Phi) is 5.36. The summed E-state index contributed by atoms with van der Waals surface area (Å²) in [7, 11) is 1.57. The zero-order valence-electron chi connectivity index (χ0n) is 14.7. The first kappa shape index (κ1) is 17.7. The molecule has 3 rings (SSSR count). The minimum absolute atomic E-state index is 0.0310. The summed E-state index contributed by atoms with van der Waals surface area (Å²) in [6.45, 7) is 2.65. The van der Waals surface area contributed by atoms with Gasteiger partial charge in [-0.1, -0.05) is 13.3 Å². The summed E-state index contributed by atoms with van der Waals surface area (Å²) >= 11 is 0. The third-order valence-electron chi connectivity index (χ3n) is 3.80. The second-order valence-corrected chi connectivity index (χ2v) is 5.69. The molecular weight excluding hydrogens is 337 g/mol. The summed E-state index contributed by atoms with van der Waals surface area (Å²) in [6.07, 6.45) is 3.29. The Morgan fingerprint density at radius 2 is 1.92 bits per heavy atom. The molecule has 136 valence electrons. The average Bonchev–Trinajstić information content (AvgIpc) is 2.64. The van der Waals surface area contributed by atoms with Gasteiger partial charge in [0.25, 0.3) is 0 Å². The van der Waals surface area contributed by atoms with E-state index >= 15 is 0 Å². The van der Waals surface area contributed by atoms with Gasteiger partial charge in [-0.15, -0.1) is 0 Å². The van der Waals surface area contributed by atoms with Crippen molar-refractivity contribution >= 4 is 16.6 Å². The van der Waals surface area contributed by atoms with Gasteiger partial charge < -0.3 is 19.9 Å². The summed E-state index contributed by atoms with van der Waals surface area (Å²) in [5.41, 5.74) is 6.49. The van der Waals surface area contributed by atoms with Crippen LogP contribution in [0, 0.1) is 5.82 Å². The van der Waals surface area contributed by atoms with E-state index in [1.807, 2.05) is 0 Å². The zero-order valence-corrected chi connectivity index (χ0v) is 14.7. The lowest BCUT2D eigenvalue weighted by Gasteiger charge is -2.13. The Morgan fingerprint density at radius 1 is 1.08 bits per heavy atom. The Hall–Kier alpha value is -3.09. The number of benzene rings is 2. The first-order valence-electron chi connectivity index (χ1n) is 8.30. The molecule has 1 aromatic heterocycles. The standard InChI is InChI=1S/C19H20FN3O3/c1-3-4-7-25-18-9-13-15(10-17(18)24-2)22-11-23-19(13)26-16-6-5-12(21)8-14(16)20/h5-6,8-11H,3-4,7,21H2,1-2H3. The van der Waals surface area contributed by atoms with Gasteiger partial charge in [-0.25, -0.2) is 14.4 Å². The van der Waals surface area contributed by atoms with Crippen LogP contribution in [0.5, 0.6) is 23.1 Å². The number of aromatic nitrogens is 2. The number of hydrogen-bond acceptors (Lipinski definition) is 6. The van der Waals surface area contributed by atoms with Crippen molar-refractivity contribution in [3.05, 3.63) is 42.5 Å². The van der Waals surface area contributed by atoms with E-state index in [2.05, 4.69) is 16.9 Å². The van der Waals surface area contributed by atoms with Crippen LogP contribution in [0.15, 0.2) is 36.7 Å². The summed E-state index contributed by atoms with van der Waals surface area (Å²) in [5.74, 6) is 0.817. The first-order valence-corrected chi connectivity index (χ1v) is 8.30. The number of unbranched alkanes of at least 4 members (excludes halogenated alkanes) is 1. The van der Waals surface area contributed by atoms with Gasteiger partial charge in [0, 0.05) is 17.8 Å². The summed E-state index contributed by atoms with van der Waals surface area (Å²) in [6, 6.07) is 7.70. The second-order valence-electron chi connectivity index (χ2n) is 5.69. The van der Waals surface area contributed by atoms with Crippen LogP contribution in [0.2, 0.25) is 0 Å². The molecule has 0 unspecified atom stereocenters. The molecular formula is C19H20FN3O3. The van der Waals surface area contributed by atoms with E-state index in [-0.39, 0.29) is 11.6 Å². The van der Waals surface area contributed by atoms with E-state index in [1.54, 1.807) is 25.3 Å². The zero-order chi connectivity index (χ0) is 18.5. The molecule has 0 aliphatic heterocycles. The van der Waals surface area contributed by atoms with Crippen LogP contribution < -0.4 is 19.9 Å². The Balaban J connectivity index is 2.00. The molecule has 3 aromatic rings. The van der Waals surface area contributed by atoms with Crippen LogP contribution >= 0.6 is 0 Å². The highest BCUT2D eigenvalue weighted by atomic mass is 19.1. The minimum atomic E-state index is -0.565. The van der Waals surface area contributed by atoms with E-state index in [0.29, 0.717) is 34.7 Å². The Morgan fingerprint density at radius 3 is 2.65 bits per heavy atom. The van der Waals surface area contributed by atoms with Crippen molar-refractivity contribution in [2.45, 2.75) is 19.8 Å². The number of rotatable bonds is 7. The van der Waals surface area contributed by atoms with Crippen molar-refractivity contribution in [1.29, 1.82) is 0 Å². The number of halogens is 1. The van der Waals surface area contributed by atoms with Gasteiger partial charge in [0.15, 0.2) is 23.1 Å². The fourth-order valence-corrected chi connectivity index (χ4v) is 2.42. The highest BCUT2D eigenvalue weighted by Crippen LogP contribution is 2.36. The van der Waals surface area contributed by atoms with Crippen LogP contribution in [0.3, 0.4) is 0 Å². The van der Waals surface area contributed by atoms with Gasteiger partial charge in [0.1, 0.15) is 6.33 Å². The quantitative estimate of drug-likeness (QED) is 0.501. The molecule has 0 amide bonds. The van der Waals surface area contributed by atoms with Crippen molar-refractivity contribution in [3.8, 4) is 23.1 Å². The fourth-order valence-electron chi connectivity index (χ4n) is 2.42. The number of nitrogens with zero attached hydrogens (tertiary/aromatic N) is 2. The predicted molar refractivity (Wildman–Crippen MR) is 97.4 cm³/mol. The smallest absolute Gasteiger partial charge is 0.230 e. The van der Waals surface area contributed by atoms with Gasteiger partial charge in [-0.05, 0) is 24.6 Å². The number of ether oxygens (including phenoxy) is 3. The highest BCUT2D eigenvalue weighted by molar-refractivity contribution is 5.87. The molecule has 0 saturated heterocycles. The Bertz CT molecular complexity index is 918. The van der Waals surface area contributed by atoms with E-state index in [4.69, 9.17) is 19.9 Å². The molecule has 1 heterocycles. The number of nitrogens with two attached hydrogens (primary N) is 1. The number of fused-ring (bicyclic) bond motifs is 1. The van der Waals surface area contributed by atoms with Crippen LogP contribution in [0.1, 0.15) is 19.8 Å². The number of hydrogen-bond donors (Lipinski definition) is 1. The normalized spacial score (nSPS) is 10.7. The topological polar surface area (TPSA) is 79.5 Å². The van der Waals surface area contributed by atoms with Crippen molar-refractivity contribution in [3.63, 3.8) is 0 Å². The van der Waals surface area contributed by atoms with E-state index in [9.17, 15) is 4.39 Å². The molecule has 2 N–H and O–H groups in total. The molecule has 0 saturated carbocycles. The van der Waals surface area contributed by atoms with Gasteiger partial charge >= 0.3 is 0 Å². The maximum absolute atomic E-state index is 14.0. The molecule has 2 aromatic carbocycles. The van der Waals surface area contributed by atoms with E-state index < -0.39 is 5.82 Å². The molecule has 0 radical (unpaired) electrons. The number of methoxy groups -OCH3 is 1. The van der Waals surface area contributed by atoms with Crippen molar-refractivity contribution in [1.82, 2.24) is 9.97 Å². The lowest BCUT2D eigenvalue weighted by atomic mass is 10.2. The van der Waals surface area contributed by atoms with Crippen LogP contribution in [-0.4, -0.2) is 23.7 Å². The van der Waals surface area contributed by atoms with Gasteiger partial charge in [-0.3, -0.25) is 0 Å². The molecule has 0 aliphatic carbocycles. The second kappa shape index (κ2) is 7.86. The molecule has 6 nitrogen and oxygen atoms in total. The summed E-state index contributed by atoms with van der Waals surface area (Å²) in [5, 5.41) is 0.594. The van der Waals surface area contributed by atoms with Crippen molar-refractivity contribution in [2.24, 2.45) is 0 Å². The van der Waals surface area contributed by atoms with Crippen molar-refractivity contribution < 1.29 is 18.6 Å². The number of nitrogen functional groups attached to an aromatic ring is 1. The van der Waals surface area contributed by atoms with Crippen LogP contribution in [0.4, 0.5) is 10.1 Å².